The van der Waals surface area contributed by atoms with Crippen molar-refractivity contribution in [2.45, 2.75) is 36.4 Å². The molecule has 1 aromatic carbocycles. The molecule has 0 aliphatic heterocycles. The van der Waals surface area contributed by atoms with Crippen molar-refractivity contribution in [1.29, 1.82) is 0 Å². The summed E-state index contributed by atoms with van der Waals surface area (Å²) in [5.41, 5.74) is 8.42. The number of benzene rings is 1. The zero-order valence-electron chi connectivity index (χ0n) is 10.6. The van der Waals surface area contributed by atoms with Crippen molar-refractivity contribution < 1.29 is 0 Å². The molecule has 2 N–H and O–H groups in total. The Balaban J connectivity index is 2.26. The molecule has 4 heteroatoms. The van der Waals surface area contributed by atoms with Gasteiger partial charge in [0.05, 0.1) is 0 Å². The van der Waals surface area contributed by atoms with Crippen LogP contribution in [-0.4, -0.2) is 16.0 Å². The van der Waals surface area contributed by atoms with E-state index < -0.39 is 0 Å². The molecule has 1 aromatic heterocycles. The summed E-state index contributed by atoms with van der Waals surface area (Å²) in [6, 6.07) is 8.39. The molecule has 1 unspecified atom stereocenters. The standard InChI is InChI=1S/C14H17N3S/c1-10-4-5-13(12(8-10)9-11(2)15)18-14-16-6-3-7-17-14/h3-8,11H,9,15H2,1-2H3. The average Bonchev–Trinajstić information content (AvgIpc) is 2.33. The van der Waals surface area contributed by atoms with Crippen LogP contribution in [0.4, 0.5) is 0 Å². The summed E-state index contributed by atoms with van der Waals surface area (Å²) in [4.78, 5) is 9.66. The molecule has 0 fully saturated rings. The Kier molecular flexibility index (Phi) is 4.33. The molecular formula is C14H17N3S. The molecule has 0 amide bonds. The molecule has 1 atom stereocenters. The lowest BCUT2D eigenvalue weighted by Crippen LogP contribution is -2.18. The summed E-state index contributed by atoms with van der Waals surface area (Å²) in [6.07, 6.45) is 4.39. The number of aromatic nitrogens is 2. The van der Waals surface area contributed by atoms with Crippen LogP contribution in [0.3, 0.4) is 0 Å². The van der Waals surface area contributed by atoms with Crippen LogP contribution in [0.2, 0.25) is 0 Å². The third-order valence-electron chi connectivity index (χ3n) is 2.50. The molecule has 0 spiro atoms. The van der Waals surface area contributed by atoms with Gasteiger partial charge in [0.15, 0.2) is 5.16 Å². The van der Waals surface area contributed by atoms with Gasteiger partial charge in [-0.05, 0) is 49.7 Å². The maximum Gasteiger partial charge on any atom is 0.192 e. The van der Waals surface area contributed by atoms with Crippen LogP contribution >= 0.6 is 11.8 Å². The van der Waals surface area contributed by atoms with Gasteiger partial charge < -0.3 is 5.73 Å². The van der Waals surface area contributed by atoms with Crippen LogP contribution in [-0.2, 0) is 6.42 Å². The second-order valence-electron chi connectivity index (χ2n) is 4.43. The lowest BCUT2D eigenvalue weighted by atomic mass is 10.1. The van der Waals surface area contributed by atoms with Gasteiger partial charge in [-0.2, -0.15) is 0 Å². The summed E-state index contributed by atoms with van der Waals surface area (Å²) in [6.45, 7) is 4.12. The van der Waals surface area contributed by atoms with E-state index in [0.29, 0.717) is 0 Å². The first-order valence-electron chi connectivity index (χ1n) is 5.95. The van der Waals surface area contributed by atoms with E-state index in [-0.39, 0.29) is 6.04 Å². The second kappa shape index (κ2) is 5.98. The number of nitrogens with two attached hydrogens (primary N) is 1. The zero-order chi connectivity index (χ0) is 13.0. The summed E-state index contributed by atoms with van der Waals surface area (Å²) in [5.74, 6) is 0. The molecule has 2 rings (SSSR count). The predicted molar refractivity (Wildman–Crippen MR) is 74.7 cm³/mol. The topological polar surface area (TPSA) is 51.8 Å². The molecule has 94 valence electrons. The molecule has 18 heavy (non-hydrogen) atoms. The van der Waals surface area contributed by atoms with Crippen molar-refractivity contribution in [3.8, 4) is 0 Å². The van der Waals surface area contributed by atoms with Crippen molar-refractivity contribution in [2.75, 3.05) is 0 Å². The molecule has 0 aliphatic rings. The van der Waals surface area contributed by atoms with Gasteiger partial charge in [-0.25, -0.2) is 9.97 Å². The number of rotatable bonds is 4. The van der Waals surface area contributed by atoms with Gasteiger partial charge in [-0.15, -0.1) is 0 Å². The molecular weight excluding hydrogens is 242 g/mol. The highest BCUT2D eigenvalue weighted by Crippen LogP contribution is 2.29. The van der Waals surface area contributed by atoms with E-state index in [1.54, 1.807) is 24.2 Å². The fraction of sp³-hybridized carbons (Fsp3) is 0.286. The molecule has 3 nitrogen and oxygen atoms in total. The SMILES string of the molecule is Cc1ccc(Sc2ncccn2)c(CC(C)N)c1. The van der Waals surface area contributed by atoms with Crippen molar-refractivity contribution >= 4 is 11.8 Å². The normalized spacial score (nSPS) is 12.4. The minimum Gasteiger partial charge on any atom is -0.328 e. The monoisotopic (exact) mass is 259 g/mol. The third kappa shape index (κ3) is 3.55. The Hall–Kier alpha value is -1.39. The number of hydrogen-bond donors (Lipinski definition) is 1. The summed E-state index contributed by atoms with van der Waals surface area (Å²) in [7, 11) is 0. The van der Waals surface area contributed by atoms with Crippen molar-refractivity contribution in [3.63, 3.8) is 0 Å². The van der Waals surface area contributed by atoms with Crippen LogP contribution in [0.15, 0.2) is 46.7 Å². The summed E-state index contributed by atoms with van der Waals surface area (Å²) in [5, 5.41) is 0.771. The van der Waals surface area contributed by atoms with E-state index in [9.17, 15) is 0 Å². The highest BCUT2D eigenvalue weighted by Gasteiger charge is 2.08. The smallest absolute Gasteiger partial charge is 0.192 e. The van der Waals surface area contributed by atoms with Gasteiger partial charge >= 0.3 is 0 Å². The fourth-order valence-corrected chi connectivity index (χ4v) is 2.58. The minimum absolute atomic E-state index is 0.155. The highest BCUT2D eigenvalue weighted by molar-refractivity contribution is 7.99. The largest absolute Gasteiger partial charge is 0.328 e. The van der Waals surface area contributed by atoms with Crippen LogP contribution in [0, 0.1) is 6.92 Å². The van der Waals surface area contributed by atoms with Crippen molar-refractivity contribution in [3.05, 3.63) is 47.8 Å². The predicted octanol–water partition coefficient (Wildman–Crippen LogP) is 2.83. The van der Waals surface area contributed by atoms with E-state index >= 15 is 0 Å². The van der Waals surface area contributed by atoms with Crippen LogP contribution in [0.5, 0.6) is 0 Å². The van der Waals surface area contributed by atoms with E-state index in [0.717, 1.165) is 11.6 Å². The van der Waals surface area contributed by atoms with E-state index in [1.807, 2.05) is 13.0 Å². The molecule has 0 bridgehead atoms. The Morgan fingerprint density at radius 3 is 2.67 bits per heavy atom. The third-order valence-corrected chi connectivity index (χ3v) is 3.51. The molecule has 0 saturated carbocycles. The molecule has 0 aliphatic carbocycles. The second-order valence-corrected chi connectivity index (χ2v) is 5.44. The number of nitrogens with zero attached hydrogens (tertiary/aromatic N) is 2. The van der Waals surface area contributed by atoms with Crippen LogP contribution in [0.25, 0.3) is 0 Å². The van der Waals surface area contributed by atoms with Gasteiger partial charge in [-0.3, -0.25) is 0 Å². The Morgan fingerprint density at radius 1 is 1.28 bits per heavy atom. The van der Waals surface area contributed by atoms with Crippen molar-refractivity contribution in [2.24, 2.45) is 5.73 Å². The zero-order valence-corrected chi connectivity index (χ0v) is 11.4. The first kappa shape index (κ1) is 13.1. The molecule has 0 radical (unpaired) electrons. The van der Waals surface area contributed by atoms with Gasteiger partial charge in [0.25, 0.3) is 0 Å². The fourth-order valence-electron chi connectivity index (χ4n) is 1.75. The Bertz CT molecular complexity index is 512. The quantitative estimate of drug-likeness (QED) is 0.858. The first-order chi connectivity index (χ1) is 8.65. The van der Waals surface area contributed by atoms with E-state index in [2.05, 4.69) is 35.1 Å². The van der Waals surface area contributed by atoms with Gasteiger partial charge in [-0.1, -0.05) is 17.7 Å². The van der Waals surface area contributed by atoms with Gasteiger partial charge in [0.2, 0.25) is 0 Å². The van der Waals surface area contributed by atoms with Crippen molar-refractivity contribution in [1.82, 2.24) is 9.97 Å². The maximum atomic E-state index is 5.90. The first-order valence-corrected chi connectivity index (χ1v) is 6.77. The summed E-state index contributed by atoms with van der Waals surface area (Å²) >= 11 is 1.59. The van der Waals surface area contributed by atoms with Crippen LogP contribution < -0.4 is 5.73 Å². The maximum absolute atomic E-state index is 5.90. The molecule has 1 heterocycles. The van der Waals surface area contributed by atoms with E-state index in [1.165, 1.54) is 16.0 Å². The molecule has 0 saturated heterocycles. The Labute approximate surface area is 112 Å². The number of hydrogen-bond acceptors (Lipinski definition) is 4. The molecule has 2 aromatic rings. The lowest BCUT2D eigenvalue weighted by molar-refractivity contribution is 0.728. The summed E-state index contributed by atoms with van der Waals surface area (Å²) < 4.78 is 0. The van der Waals surface area contributed by atoms with Gasteiger partial charge in [0, 0.05) is 23.3 Å². The lowest BCUT2D eigenvalue weighted by Gasteiger charge is -2.11. The highest BCUT2D eigenvalue weighted by atomic mass is 32.2. The van der Waals surface area contributed by atoms with E-state index in [4.69, 9.17) is 5.73 Å². The van der Waals surface area contributed by atoms with Gasteiger partial charge in [0.1, 0.15) is 0 Å². The van der Waals surface area contributed by atoms with Crippen LogP contribution in [0.1, 0.15) is 18.1 Å². The minimum atomic E-state index is 0.155. The average molecular weight is 259 g/mol. The Morgan fingerprint density at radius 2 is 2.00 bits per heavy atom. The number of aryl methyl sites for hydroxylation is 1.